The van der Waals surface area contributed by atoms with Crippen LogP contribution in [-0.4, -0.2) is 42.9 Å². The lowest BCUT2D eigenvalue weighted by atomic mass is 9.92. The fourth-order valence-corrected chi connectivity index (χ4v) is 2.41. The summed E-state index contributed by atoms with van der Waals surface area (Å²) in [6.45, 7) is 12.7. The van der Waals surface area contributed by atoms with Gasteiger partial charge in [-0.15, -0.1) is 0 Å². The molecule has 0 saturated carbocycles. The normalized spacial score (nSPS) is 19.9. The Morgan fingerprint density at radius 3 is 2.40 bits per heavy atom. The fraction of sp³-hybridized carbons (Fsp3) is 0.933. The number of carbonyl (C=O) groups is 1. The molecular formula is C15H31N3O2. The first kappa shape index (κ1) is 17.2. The third-order valence-electron chi connectivity index (χ3n) is 3.91. The van der Waals surface area contributed by atoms with Crippen molar-refractivity contribution in [3.05, 3.63) is 0 Å². The number of hydrogen-bond donors (Lipinski definition) is 3. The average molecular weight is 285 g/mol. The van der Waals surface area contributed by atoms with Gasteiger partial charge in [0.05, 0.1) is 5.54 Å². The Bertz CT molecular complexity index is 303. The summed E-state index contributed by atoms with van der Waals surface area (Å²) in [7, 11) is 0. The molecule has 1 aliphatic rings. The largest absolute Gasteiger partial charge is 0.444 e. The molecule has 1 fully saturated rings. The minimum Gasteiger partial charge on any atom is -0.444 e. The molecule has 0 spiro atoms. The van der Waals surface area contributed by atoms with E-state index >= 15 is 0 Å². The van der Waals surface area contributed by atoms with Crippen molar-refractivity contribution >= 4 is 6.09 Å². The van der Waals surface area contributed by atoms with E-state index in [2.05, 4.69) is 29.8 Å². The smallest absolute Gasteiger partial charge is 0.408 e. The first-order valence-corrected chi connectivity index (χ1v) is 7.75. The zero-order valence-corrected chi connectivity index (χ0v) is 13.6. The van der Waals surface area contributed by atoms with Gasteiger partial charge in [-0.1, -0.05) is 13.8 Å². The van der Waals surface area contributed by atoms with Crippen LogP contribution in [-0.2, 0) is 4.74 Å². The Morgan fingerprint density at radius 2 is 1.95 bits per heavy atom. The van der Waals surface area contributed by atoms with Crippen molar-refractivity contribution in [2.45, 2.75) is 71.1 Å². The number of alkyl carbamates (subject to hydrolysis) is 1. The van der Waals surface area contributed by atoms with E-state index in [0.717, 1.165) is 38.9 Å². The zero-order chi connectivity index (χ0) is 15.2. The van der Waals surface area contributed by atoms with Gasteiger partial charge in [0.2, 0.25) is 0 Å². The van der Waals surface area contributed by atoms with Crippen LogP contribution >= 0.6 is 0 Å². The zero-order valence-electron chi connectivity index (χ0n) is 13.6. The molecule has 1 rings (SSSR count). The van der Waals surface area contributed by atoms with Crippen LogP contribution in [0.4, 0.5) is 4.79 Å². The highest BCUT2D eigenvalue weighted by Gasteiger charge is 2.31. The predicted octanol–water partition coefficient (Wildman–Crippen LogP) is 2.02. The molecule has 0 bridgehead atoms. The summed E-state index contributed by atoms with van der Waals surface area (Å²) in [5.41, 5.74) is -0.689. The summed E-state index contributed by atoms with van der Waals surface area (Å²) in [5, 5.41) is 9.97. The standard InChI is InChI=1S/C15H31N3O2/c1-6-15(7-2,11-17-12-8-9-16-10-12)18-13(19)20-14(3,4)5/h12,16-17H,6-11H2,1-5H3,(H,18,19). The van der Waals surface area contributed by atoms with Crippen LogP contribution in [0.1, 0.15) is 53.9 Å². The van der Waals surface area contributed by atoms with Crippen LogP contribution in [0.3, 0.4) is 0 Å². The number of rotatable bonds is 6. The Labute approximate surface area is 123 Å². The summed E-state index contributed by atoms with van der Waals surface area (Å²) in [6, 6.07) is 0.507. The van der Waals surface area contributed by atoms with E-state index in [9.17, 15) is 4.79 Å². The number of amides is 1. The summed E-state index contributed by atoms with van der Waals surface area (Å²) in [5.74, 6) is 0. The molecule has 20 heavy (non-hydrogen) atoms. The molecule has 1 unspecified atom stereocenters. The second kappa shape index (κ2) is 7.27. The van der Waals surface area contributed by atoms with Gasteiger partial charge in [-0.3, -0.25) is 0 Å². The van der Waals surface area contributed by atoms with Crippen LogP contribution in [0.15, 0.2) is 0 Å². The summed E-state index contributed by atoms with van der Waals surface area (Å²) in [6.07, 6.45) is 2.59. The molecule has 0 aromatic rings. The molecule has 0 aromatic carbocycles. The van der Waals surface area contributed by atoms with Crippen molar-refractivity contribution in [2.75, 3.05) is 19.6 Å². The van der Waals surface area contributed by atoms with Crippen LogP contribution < -0.4 is 16.0 Å². The highest BCUT2D eigenvalue weighted by molar-refractivity contribution is 5.68. The Balaban J connectivity index is 2.53. The summed E-state index contributed by atoms with van der Waals surface area (Å²) in [4.78, 5) is 12.0. The number of hydrogen-bond acceptors (Lipinski definition) is 4. The van der Waals surface area contributed by atoms with Crippen LogP contribution in [0.25, 0.3) is 0 Å². The molecule has 0 aromatic heterocycles. The minimum absolute atomic E-state index is 0.231. The molecule has 5 nitrogen and oxygen atoms in total. The van der Waals surface area contributed by atoms with Crippen molar-refractivity contribution < 1.29 is 9.53 Å². The molecule has 1 amide bonds. The molecule has 0 aliphatic carbocycles. The quantitative estimate of drug-likeness (QED) is 0.699. The van der Waals surface area contributed by atoms with E-state index in [4.69, 9.17) is 4.74 Å². The number of carbonyl (C=O) groups excluding carboxylic acids is 1. The molecule has 5 heteroatoms. The summed E-state index contributed by atoms with van der Waals surface area (Å²) >= 11 is 0. The second-order valence-electron chi connectivity index (χ2n) is 6.68. The van der Waals surface area contributed by atoms with Gasteiger partial charge in [-0.05, 0) is 46.6 Å². The third-order valence-corrected chi connectivity index (χ3v) is 3.91. The molecular weight excluding hydrogens is 254 g/mol. The van der Waals surface area contributed by atoms with E-state index in [1.807, 2.05) is 20.8 Å². The fourth-order valence-electron chi connectivity index (χ4n) is 2.41. The van der Waals surface area contributed by atoms with Gasteiger partial charge in [0.15, 0.2) is 0 Å². The molecule has 0 radical (unpaired) electrons. The van der Waals surface area contributed by atoms with Gasteiger partial charge >= 0.3 is 6.09 Å². The van der Waals surface area contributed by atoms with Crippen molar-refractivity contribution in [1.29, 1.82) is 0 Å². The highest BCUT2D eigenvalue weighted by atomic mass is 16.6. The second-order valence-corrected chi connectivity index (χ2v) is 6.68. The van der Waals surface area contributed by atoms with Crippen LogP contribution in [0.2, 0.25) is 0 Å². The minimum atomic E-state index is -0.458. The molecule has 1 aliphatic heterocycles. The van der Waals surface area contributed by atoms with Gasteiger partial charge in [0.1, 0.15) is 5.60 Å². The van der Waals surface area contributed by atoms with Crippen LogP contribution in [0, 0.1) is 0 Å². The monoisotopic (exact) mass is 285 g/mol. The lowest BCUT2D eigenvalue weighted by molar-refractivity contribution is 0.0444. The lowest BCUT2D eigenvalue weighted by Gasteiger charge is -2.35. The van der Waals surface area contributed by atoms with Gasteiger partial charge in [-0.2, -0.15) is 0 Å². The SMILES string of the molecule is CCC(CC)(CNC1CCNC1)NC(=O)OC(C)(C)C. The molecule has 3 N–H and O–H groups in total. The Kier molecular flexibility index (Phi) is 6.27. The maximum atomic E-state index is 12.0. The van der Waals surface area contributed by atoms with Crippen molar-refractivity contribution in [3.63, 3.8) is 0 Å². The maximum absolute atomic E-state index is 12.0. The Hall–Kier alpha value is -0.810. The first-order valence-electron chi connectivity index (χ1n) is 7.75. The van der Waals surface area contributed by atoms with E-state index in [-0.39, 0.29) is 11.6 Å². The van der Waals surface area contributed by atoms with Crippen molar-refractivity contribution in [3.8, 4) is 0 Å². The molecule has 1 heterocycles. The molecule has 118 valence electrons. The van der Waals surface area contributed by atoms with E-state index < -0.39 is 5.60 Å². The van der Waals surface area contributed by atoms with E-state index in [0.29, 0.717) is 6.04 Å². The van der Waals surface area contributed by atoms with Crippen molar-refractivity contribution in [1.82, 2.24) is 16.0 Å². The van der Waals surface area contributed by atoms with Gasteiger partial charge in [0, 0.05) is 19.1 Å². The average Bonchev–Trinajstić information content (AvgIpc) is 2.85. The van der Waals surface area contributed by atoms with Gasteiger partial charge < -0.3 is 20.7 Å². The maximum Gasteiger partial charge on any atom is 0.408 e. The van der Waals surface area contributed by atoms with E-state index in [1.165, 1.54) is 0 Å². The predicted molar refractivity (Wildman–Crippen MR) is 82.0 cm³/mol. The Morgan fingerprint density at radius 1 is 1.30 bits per heavy atom. The lowest BCUT2D eigenvalue weighted by Crippen LogP contribution is -2.56. The topological polar surface area (TPSA) is 62.4 Å². The van der Waals surface area contributed by atoms with Gasteiger partial charge in [-0.25, -0.2) is 4.79 Å². The molecule has 1 saturated heterocycles. The summed E-state index contributed by atoms with van der Waals surface area (Å²) < 4.78 is 5.38. The van der Waals surface area contributed by atoms with Crippen LogP contribution in [0.5, 0.6) is 0 Å². The van der Waals surface area contributed by atoms with Gasteiger partial charge in [0.25, 0.3) is 0 Å². The third kappa shape index (κ3) is 5.67. The molecule has 1 atom stereocenters. The number of ether oxygens (including phenoxy) is 1. The number of nitrogens with one attached hydrogen (secondary N) is 3. The van der Waals surface area contributed by atoms with Crippen molar-refractivity contribution in [2.24, 2.45) is 0 Å². The van der Waals surface area contributed by atoms with E-state index in [1.54, 1.807) is 0 Å². The highest BCUT2D eigenvalue weighted by Crippen LogP contribution is 2.17. The first-order chi connectivity index (χ1) is 9.30.